The summed E-state index contributed by atoms with van der Waals surface area (Å²) in [7, 11) is 0. The summed E-state index contributed by atoms with van der Waals surface area (Å²) >= 11 is 0. The SMILES string of the molecule is CCC(CC)N(CCC1CCCC1N)CC(C)C. The van der Waals surface area contributed by atoms with Crippen LogP contribution in [0.5, 0.6) is 0 Å². The molecule has 108 valence electrons. The minimum absolute atomic E-state index is 0.479. The highest BCUT2D eigenvalue weighted by Crippen LogP contribution is 2.27. The lowest BCUT2D eigenvalue weighted by atomic mass is 9.98. The summed E-state index contributed by atoms with van der Waals surface area (Å²) in [6, 6.07) is 1.25. The molecule has 1 aliphatic rings. The van der Waals surface area contributed by atoms with E-state index in [0.29, 0.717) is 6.04 Å². The van der Waals surface area contributed by atoms with Crippen LogP contribution in [0.4, 0.5) is 0 Å². The lowest BCUT2D eigenvalue weighted by Crippen LogP contribution is -2.39. The molecule has 0 radical (unpaired) electrons. The molecule has 0 bridgehead atoms. The van der Waals surface area contributed by atoms with Crippen molar-refractivity contribution < 1.29 is 0 Å². The van der Waals surface area contributed by atoms with Crippen LogP contribution in [0.1, 0.15) is 66.2 Å². The second-order valence-corrected chi connectivity index (χ2v) is 6.50. The molecule has 1 saturated carbocycles. The predicted molar refractivity (Wildman–Crippen MR) is 80.7 cm³/mol. The van der Waals surface area contributed by atoms with Gasteiger partial charge in [-0.3, -0.25) is 0 Å². The predicted octanol–water partition coefficient (Wildman–Crippen LogP) is 3.65. The van der Waals surface area contributed by atoms with E-state index in [9.17, 15) is 0 Å². The Morgan fingerprint density at radius 3 is 2.28 bits per heavy atom. The number of nitrogens with two attached hydrogens (primary N) is 1. The topological polar surface area (TPSA) is 29.3 Å². The lowest BCUT2D eigenvalue weighted by molar-refractivity contribution is 0.153. The molecule has 1 fully saturated rings. The molecule has 0 aromatic carbocycles. The maximum absolute atomic E-state index is 6.19. The van der Waals surface area contributed by atoms with Crippen molar-refractivity contribution in [3.8, 4) is 0 Å². The molecule has 1 rings (SSSR count). The van der Waals surface area contributed by atoms with Crippen LogP contribution in [0.2, 0.25) is 0 Å². The van der Waals surface area contributed by atoms with Gasteiger partial charge in [-0.15, -0.1) is 0 Å². The number of rotatable bonds is 8. The zero-order chi connectivity index (χ0) is 13.5. The van der Waals surface area contributed by atoms with Gasteiger partial charge in [0.2, 0.25) is 0 Å². The van der Waals surface area contributed by atoms with Crippen LogP contribution in [-0.4, -0.2) is 30.1 Å². The summed E-state index contributed by atoms with van der Waals surface area (Å²) in [5, 5.41) is 0. The van der Waals surface area contributed by atoms with Crippen molar-refractivity contribution in [3.63, 3.8) is 0 Å². The smallest absolute Gasteiger partial charge is 0.00901 e. The van der Waals surface area contributed by atoms with Gasteiger partial charge in [-0.25, -0.2) is 0 Å². The second-order valence-electron chi connectivity index (χ2n) is 6.50. The first-order valence-electron chi connectivity index (χ1n) is 8.08. The molecule has 0 spiro atoms. The van der Waals surface area contributed by atoms with E-state index in [1.807, 2.05) is 0 Å². The summed E-state index contributed by atoms with van der Waals surface area (Å²) in [4.78, 5) is 2.72. The summed E-state index contributed by atoms with van der Waals surface area (Å²) in [5.74, 6) is 1.55. The average molecular weight is 254 g/mol. The van der Waals surface area contributed by atoms with Crippen LogP contribution < -0.4 is 5.73 Å². The Kier molecular flexibility index (Phi) is 7.25. The van der Waals surface area contributed by atoms with Gasteiger partial charge in [-0.1, -0.05) is 34.1 Å². The van der Waals surface area contributed by atoms with Crippen LogP contribution in [0.15, 0.2) is 0 Å². The first-order chi connectivity index (χ1) is 8.58. The number of hydrogen-bond acceptors (Lipinski definition) is 2. The van der Waals surface area contributed by atoms with Crippen LogP contribution in [0.25, 0.3) is 0 Å². The van der Waals surface area contributed by atoms with Gasteiger partial charge < -0.3 is 10.6 Å². The average Bonchev–Trinajstić information content (AvgIpc) is 2.72. The molecule has 0 saturated heterocycles. The third-order valence-electron chi connectivity index (χ3n) is 4.56. The molecule has 1 aliphatic carbocycles. The molecule has 2 heteroatoms. The largest absolute Gasteiger partial charge is 0.327 e. The Bertz CT molecular complexity index is 211. The zero-order valence-electron chi connectivity index (χ0n) is 13.0. The molecule has 2 N–H and O–H groups in total. The van der Waals surface area contributed by atoms with Gasteiger partial charge in [0.25, 0.3) is 0 Å². The molecule has 0 aromatic heterocycles. The molecule has 0 aromatic rings. The van der Waals surface area contributed by atoms with Gasteiger partial charge in [0, 0.05) is 18.6 Å². The van der Waals surface area contributed by atoms with Crippen LogP contribution >= 0.6 is 0 Å². The van der Waals surface area contributed by atoms with Crippen molar-refractivity contribution in [2.75, 3.05) is 13.1 Å². The Balaban J connectivity index is 2.44. The quantitative estimate of drug-likeness (QED) is 0.716. The molecular formula is C16H34N2. The fourth-order valence-electron chi connectivity index (χ4n) is 3.45. The Morgan fingerprint density at radius 1 is 1.17 bits per heavy atom. The van der Waals surface area contributed by atoms with Crippen molar-refractivity contribution >= 4 is 0 Å². The molecule has 2 unspecified atom stereocenters. The van der Waals surface area contributed by atoms with Gasteiger partial charge >= 0.3 is 0 Å². The second kappa shape index (κ2) is 8.16. The maximum Gasteiger partial charge on any atom is 0.00901 e. The van der Waals surface area contributed by atoms with Crippen LogP contribution in [0, 0.1) is 11.8 Å². The highest BCUT2D eigenvalue weighted by Gasteiger charge is 2.25. The van der Waals surface area contributed by atoms with Gasteiger partial charge in [-0.05, 0) is 50.5 Å². The minimum atomic E-state index is 0.479. The fraction of sp³-hybridized carbons (Fsp3) is 1.00. The van der Waals surface area contributed by atoms with Gasteiger partial charge in [0.15, 0.2) is 0 Å². The number of hydrogen-bond donors (Lipinski definition) is 1. The maximum atomic E-state index is 6.19. The van der Waals surface area contributed by atoms with E-state index in [0.717, 1.165) is 17.9 Å². The monoisotopic (exact) mass is 254 g/mol. The van der Waals surface area contributed by atoms with Crippen molar-refractivity contribution in [2.45, 2.75) is 78.3 Å². The molecule has 0 amide bonds. The molecular weight excluding hydrogens is 220 g/mol. The van der Waals surface area contributed by atoms with E-state index in [1.165, 1.54) is 51.6 Å². The van der Waals surface area contributed by atoms with Crippen molar-refractivity contribution in [1.29, 1.82) is 0 Å². The molecule has 0 heterocycles. The third kappa shape index (κ3) is 4.89. The summed E-state index contributed by atoms with van der Waals surface area (Å²) in [5.41, 5.74) is 6.19. The van der Waals surface area contributed by atoms with E-state index in [-0.39, 0.29) is 0 Å². The highest BCUT2D eigenvalue weighted by molar-refractivity contribution is 4.82. The van der Waals surface area contributed by atoms with E-state index in [4.69, 9.17) is 5.73 Å². The van der Waals surface area contributed by atoms with E-state index < -0.39 is 0 Å². The summed E-state index contributed by atoms with van der Waals surface area (Å²) in [6.45, 7) is 11.8. The Hall–Kier alpha value is -0.0800. The van der Waals surface area contributed by atoms with Crippen molar-refractivity contribution in [2.24, 2.45) is 17.6 Å². The van der Waals surface area contributed by atoms with Crippen LogP contribution in [-0.2, 0) is 0 Å². The first-order valence-corrected chi connectivity index (χ1v) is 8.08. The normalized spacial score (nSPS) is 24.7. The van der Waals surface area contributed by atoms with Gasteiger partial charge in [0.1, 0.15) is 0 Å². The standard InChI is InChI=1S/C16H34N2/c1-5-15(6-2)18(12-13(3)4)11-10-14-8-7-9-16(14)17/h13-16H,5-12,17H2,1-4H3. The first kappa shape index (κ1) is 16.0. The Labute approximate surface area is 114 Å². The summed E-state index contributed by atoms with van der Waals surface area (Å²) in [6.07, 6.45) is 7.82. The fourth-order valence-corrected chi connectivity index (χ4v) is 3.45. The Morgan fingerprint density at radius 2 is 1.83 bits per heavy atom. The minimum Gasteiger partial charge on any atom is -0.327 e. The number of nitrogens with zero attached hydrogens (tertiary/aromatic N) is 1. The van der Waals surface area contributed by atoms with E-state index >= 15 is 0 Å². The lowest BCUT2D eigenvalue weighted by Gasteiger charge is -2.33. The van der Waals surface area contributed by atoms with Crippen molar-refractivity contribution in [3.05, 3.63) is 0 Å². The molecule has 2 nitrogen and oxygen atoms in total. The van der Waals surface area contributed by atoms with E-state index in [2.05, 4.69) is 32.6 Å². The third-order valence-corrected chi connectivity index (χ3v) is 4.56. The van der Waals surface area contributed by atoms with Gasteiger partial charge in [0.05, 0.1) is 0 Å². The van der Waals surface area contributed by atoms with Crippen LogP contribution in [0.3, 0.4) is 0 Å². The zero-order valence-corrected chi connectivity index (χ0v) is 13.0. The van der Waals surface area contributed by atoms with Crippen molar-refractivity contribution in [1.82, 2.24) is 4.90 Å². The molecule has 2 atom stereocenters. The van der Waals surface area contributed by atoms with E-state index in [1.54, 1.807) is 0 Å². The summed E-state index contributed by atoms with van der Waals surface area (Å²) < 4.78 is 0. The molecule has 0 aliphatic heterocycles. The van der Waals surface area contributed by atoms with Gasteiger partial charge in [-0.2, -0.15) is 0 Å². The highest BCUT2D eigenvalue weighted by atomic mass is 15.2. The molecule has 18 heavy (non-hydrogen) atoms.